The Hall–Kier alpha value is -0.570. The lowest BCUT2D eigenvalue weighted by Crippen LogP contribution is -3.00. The summed E-state index contributed by atoms with van der Waals surface area (Å²) in [5.74, 6) is 0. The summed E-state index contributed by atoms with van der Waals surface area (Å²) in [7, 11) is 0. The minimum atomic E-state index is 0. The van der Waals surface area contributed by atoms with Crippen molar-refractivity contribution in [3.05, 3.63) is 35.9 Å². The van der Waals surface area contributed by atoms with Crippen molar-refractivity contribution in [2.75, 3.05) is 26.2 Å². The van der Waals surface area contributed by atoms with Gasteiger partial charge in [0.25, 0.3) is 0 Å². The van der Waals surface area contributed by atoms with E-state index in [2.05, 4.69) is 44.2 Å². The maximum absolute atomic E-state index is 5.39. The van der Waals surface area contributed by atoms with Crippen LogP contribution in [0.2, 0.25) is 0 Å². The third-order valence-electron chi connectivity index (χ3n) is 3.70. The first-order chi connectivity index (χ1) is 7.78. The summed E-state index contributed by atoms with van der Waals surface area (Å²) >= 11 is 0. The molecule has 1 aliphatic heterocycles. The van der Waals surface area contributed by atoms with Gasteiger partial charge in [0.05, 0.1) is 19.7 Å². The van der Waals surface area contributed by atoms with E-state index < -0.39 is 0 Å². The van der Waals surface area contributed by atoms with Crippen molar-refractivity contribution in [1.82, 2.24) is 0 Å². The van der Waals surface area contributed by atoms with Crippen LogP contribution in [-0.4, -0.2) is 36.8 Å². The number of benzene rings is 1. The van der Waals surface area contributed by atoms with E-state index in [9.17, 15) is 0 Å². The zero-order chi connectivity index (χ0) is 11.4. The molecule has 1 atom stereocenters. The monoisotopic (exact) mass is 255 g/mol. The van der Waals surface area contributed by atoms with Crippen LogP contribution >= 0.6 is 0 Å². The summed E-state index contributed by atoms with van der Waals surface area (Å²) in [5.41, 5.74) is 1.44. The Morgan fingerprint density at radius 3 is 2.24 bits per heavy atom. The predicted molar refractivity (Wildman–Crippen MR) is 66.1 cm³/mol. The van der Waals surface area contributed by atoms with E-state index in [0.29, 0.717) is 6.10 Å². The van der Waals surface area contributed by atoms with E-state index in [-0.39, 0.29) is 12.4 Å². The van der Waals surface area contributed by atoms with Crippen LogP contribution in [0.4, 0.5) is 0 Å². The Morgan fingerprint density at radius 1 is 1.18 bits per heavy atom. The molecule has 0 saturated carbocycles. The molecule has 1 unspecified atom stereocenters. The molecule has 0 bridgehead atoms. The van der Waals surface area contributed by atoms with Gasteiger partial charge in [-0.3, -0.25) is 0 Å². The van der Waals surface area contributed by atoms with E-state index in [1.807, 2.05) is 0 Å². The van der Waals surface area contributed by atoms with Gasteiger partial charge in [-0.25, -0.2) is 0 Å². The van der Waals surface area contributed by atoms with Crippen LogP contribution in [0.1, 0.15) is 19.4 Å². The molecule has 0 amide bonds. The summed E-state index contributed by atoms with van der Waals surface area (Å²) in [5, 5.41) is 0. The molecule has 0 spiro atoms. The molecule has 1 heterocycles. The van der Waals surface area contributed by atoms with Crippen LogP contribution in [0, 0.1) is 0 Å². The lowest BCUT2D eigenvalue weighted by Gasteiger charge is -2.36. The number of quaternary nitrogens is 1. The zero-order valence-electron chi connectivity index (χ0n) is 10.7. The van der Waals surface area contributed by atoms with Crippen LogP contribution in [0.25, 0.3) is 0 Å². The number of hydrogen-bond donors (Lipinski definition) is 0. The van der Waals surface area contributed by atoms with E-state index in [4.69, 9.17) is 4.74 Å². The van der Waals surface area contributed by atoms with Gasteiger partial charge in [-0.05, 0) is 13.8 Å². The fraction of sp³-hybridized carbons (Fsp3) is 0.571. The lowest BCUT2D eigenvalue weighted by atomic mass is 10.1. The molecule has 1 aromatic rings. The minimum absolute atomic E-state index is 0. The Bertz CT molecular complexity index is 320. The minimum Gasteiger partial charge on any atom is -1.00 e. The Morgan fingerprint density at radius 2 is 1.76 bits per heavy atom. The lowest BCUT2D eigenvalue weighted by molar-refractivity contribution is -0.938. The number of hydrogen-bond acceptors (Lipinski definition) is 1. The summed E-state index contributed by atoms with van der Waals surface area (Å²) in [4.78, 5) is 0. The highest BCUT2D eigenvalue weighted by molar-refractivity contribution is 5.13. The van der Waals surface area contributed by atoms with Gasteiger partial charge in [0.1, 0.15) is 19.2 Å². The molecule has 96 valence electrons. The fourth-order valence-electron chi connectivity index (χ4n) is 2.35. The number of epoxide rings is 1. The highest BCUT2D eigenvalue weighted by atomic mass is 35.5. The molecule has 1 aliphatic rings. The Balaban J connectivity index is 0.00000144. The van der Waals surface area contributed by atoms with Crippen LogP contribution in [0.15, 0.2) is 30.3 Å². The standard InChI is InChI=1S/C14H22NO.ClH/c1-3-15(4-2,11-14-12-16-14)10-13-8-6-5-7-9-13;/h5-9,14H,3-4,10-12H2,1-2H3;1H/q+1;/p-1. The maximum atomic E-state index is 5.39. The summed E-state index contributed by atoms with van der Waals surface area (Å²) in [6, 6.07) is 10.8. The molecule has 2 rings (SSSR count). The largest absolute Gasteiger partial charge is 1.00 e. The van der Waals surface area contributed by atoms with Crippen molar-refractivity contribution >= 4 is 0 Å². The van der Waals surface area contributed by atoms with Gasteiger partial charge in [0.2, 0.25) is 0 Å². The van der Waals surface area contributed by atoms with Crippen molar-refractivity contribution in [3.8, 4) is 0 Å². The first-order valence-corrected chi connectivity index (χ1v) is 6.28. The van der Waals surface area contributed by atoms with E-state index >= 15 is 0 Å². The summed E-state index contributed by atoms with van der Waals surface area (Å²) in [6.07, 6.45) is 0.517. The van der Waals surface area contributed by atoms with Crippen LogP contribution in [0.5, 0.6) is 0 Å². The molecule has 1 fully saturated rings. The van der Waals surface area contributed by atoms with Crippen molar-refractivity contribution in [2.24, 2.45) is 0 Å². The molecule has 17 heavy (non-hydrogen) atoms. The zero-order valence-corrected chi connectivity index (χ0v) is 11.5. The third-order valence-corrected chi connectivity index (χ3v) is 3.70. The molecule has 0 aromatic heterocycles. The van der Waals surface area contributed by atoms with Gasteiger partial charge >= 0.3 is 0 Å². The SMILES string of the molecule is CC[N+](CC)(Cc1ccccc1)CC1CO1.[Cl-]. The van der Waals surface area contributed by atoms with Crippen molar-refractivity contribution in [1.29, 1.82) is 0 Å². The molecule has 0 radical (unpaired) electrons. The summed E-state index contributed by atoms with van der Waals surface area (Å²) < 4.78 is 6.54. The highest BCUT2D eigenvalue weighted by Crippen LogP contribution is 2.20. The second-order valence-electron chi connectivity index (χ2n) is 4.76. The molecule has 1 saturated heterocycles. The van der Waals surface area contributed by atoms with E-state index in [1.54, 1.807) is 0 Å². The maximum Gasteiger partial charge on any atom is 0.130 e. The van der Waals surface area contributed by atoms with E-state index in [0.717, 1.165) is 17.6 Å². The van der Waals surface area contributed by atoms with Gasteiger partial charge in [-0.2, -0.15) is 0 Å². The van der Waals surface area contributed by atoms with Crippen LogP contribution in [-0.2, 0) is 11.3 Å². The Kier molecular flexibility index (Phi) is 5.44. The number of ether oxygens (including phenoxy) is 1. The molecule has 0 aliphatic carbocycles. The molecule has 3 heteroatoms. The smallest absolute Gasteiger partial charge is 0.130 e. The first kappa shape index (κ1) is 14.5. The van der Waals surface area contributed by atoms with Crippen molar-refractivity contribution in [2.45, 2.75) is 26.5 Å². The number of rotatable bonds is 6. The highest BCUT2D eigenvalue weighted by Gasteiger charge is 2.34. The van der Waals surface area contributed by atoms with Crippen LogP contribution in [0.3, 0.4) is 0 Å². The topological polar surface area (TPSA) is 12.5 Å². The van der Waals surface area contributed by atoms with Gasteiger partial charge in [0.15, 0.2) is 0 Å². The number of likely N-dealkylation sites (N-methyl/N-ethyl adjacent to an activating group) is 1. The second-order valence-corrected chi connectivity index (χ2v) is 4.76. The predicted octanol–water partition coefficient (Wildman–Crippen LogP) is -0.554. The second kappa shape index (κ2) is 6.39. The molecular weight excluding hydrogens is 234 g/mol. The molecule has 0 N–H and O–H groups in total. The van der Waals surface area contributed by atoms with Crippen molar-refractivity contribution in [3.63, 3.8) is 0 Å². The van der Waals surface area contributed by atoms with Gasteiger partial charge < -0.3 is 21.6 Å². The van der Waals surface area contributed by atoms with Crippen LogP contribution < -0.4 is 12.4 Å². The Labute approximate surface area is 111 Å². The summed E-state index contributed by atoms with van der Waals surface area (Å²) in [6.45, 7) is 10.2. The third kappa shape index (κ3) is 3.98. The molecule has 1 aromatic carbocycles. The van der Waals surface area contributed by atoms with Gasteiger partial charge in [-0.1, -0.05) is 30.3 Å². The normalized spacial score (nSPS) is 18.6. The quantitative estimate of drug-likeness (QED) is 0.491. The van der Waals surface area contributed by atoms with Crippen molar-refractivity contribution < 1.29 is 21.6 Å². The molecular formula is C14H22ClNO. The van der Waals surface area contributed by atoms with E-state index in [1.165, 1.54) is 25.2 Å². The van der Waals surface area contributed by atoms with Gasteiger partial charge in [-0.15, -0.1) is 0 Å². The fourth-order valence-corrected chi connectivity index (χ4v) is 2.35. The number of halogens is 1. The average Bonchev–Trinajstić information content (AvgIpc) is 3.13. The molecule has 2 nitrogen and oxygen atoms in total. The average molecular weight is 256 g/mol. The number of nitrogens with zero attached hydrogens (tertiary/aromatic N) is 1. The first-order valence-electron chi connectivity index (χ1n) is 6.28. The van der Waals surface area contributed by atoms with Gasteiger partial charge in [0, 0.05) is 5.56 Å².